The highest BCUT2D eigenvalue weighted by molar-refractivity contribution is 4.85. The zero-order valence-corrected chi connectivity index (χ0v) is 9.51. The molecule has 0 spiro atoms. The van der Waals surface area contributed by atoms with Gasteiger partial charge < -0.3 is 5.32 Å². The Hall–Kier alpha value is -0.0800. The SMILES string of the molecule is CCNC(C)C(C)N1CCCC1C. The number of hydrogen-bond donors (Lipinski definition) is 1. The van der Waals surface area contributed by atoms with Crippen LogP contribution in [0, 0.1) is 0 Å². The summed E-state index contributed by atoms with van der Waals surface area (Å²) in [6, 6.07) is 2.08. The van der Waals surface area contributed by atoms with Gasteiger partial charge in [-0.2, -0.15) is 0 Å². The summed E-state index contributed by atoms with van der Waals surface area (Å²) in [4.78, 5) is 2.63. The molecule has 13 heavy (non-hydrogen) atoms. The maximum absolute atomic E-state index is 3.50. The summed E-state index contributed by atoms with van der Waals surface area (Å²) in [5.41, 5.74) is 0. The molecule has 0 aromatic carbocycles. The number of hydrogen-bond acceptors (Lipinski definition) is 2. The number of rotatable bonds is 4. The van der Waals surface area contributed by atoms with Gasteiger partial charge in [0.25, 0.3) is 0 Å². The van der Waals surface area contributed by atoms with Crippen LogP contribution in [0.3, 0.4) is 0 Å². The van der Waals surface area contributed by atoms with Gasteiger partial charge >= 0.3 is 0 Å². The van der Waals surface area contributed by atoms with E-state index in [0.29, 0.717) is 12.1 Å². The first-order valence-corrected chi connectivity index (χ1v) is 5.66. The first-order chi connectivity index (χ1) is 6.16. The van der Waals surface area contributed by atoms with E-state index < -0.39 is 0 Å². The van der Waals surface area contributed by atoms with E-state index in [4.69, 9.17) is 0 Å². The highest BCUT2D eigenvalue weighted by atomic mass is 15.2. The monoisotopic (exact) mass is 184 g/mol. The lowest BCUT2D eigenvalue weighted by Gasteiger charge is -2.33. The maximum atomic E-state index is 3.50. The first kappa shape index (κ1) is 11.0. The molecular formula is C11H24N2. The normalized spacial score (nSPS) is 29.1. The van der Waals surface area contributed by atoms with Crippen LogP contribution in [0.25, 0.3) is 0 Å². The van der Waals surface area contributed by atoms with Crippen molar-refractivity contribution in [2.45, 2.75) is 58.7 Å². The Morgan fingerprint density at radius 3 is 2.62 bits per heavy atom. The van der Waals surface area contributed by atoms with Crippen molar-refractivity contribution in [3.63, 3.8) is 0 Å². The van der Waals surface area contributed by atoms with E-state index in [0.717, 1.165) is 12.6 Å². The van der Waals surface area contributed by atoms with E-state index in [1.54, 1.807) is 0 Å². The second-order valence-corrected chi connectivity index (χ2v) is 4.32. The summed E-state index contributed by atoms with van der Waals surface area (Å²) in [6.07, 6.45) is 2.76. The lowest BCUT2D eigenvalue weighted by Crippen LogP contribution is -2.48. The van der Waals surface area contributed by atoms with Crippen molar-refractivity contribution in [3.8, 4) is 0 Å². The standard InChI is InChI=1S/C11H24N2/c1-5-12-10(3)11(4)13-8-6-7-9(13)2/h9-12H,5-8H2,1-4H3. The minimum atomic E-state index is 0.616. The predicted octanol–water partition coefficient (Wildman–Crippen LogP) is 1.86. The van der Waals surface area contributed by atoms with E-state index in [1.807, 2.05) is 0 Å². The van der Waals surface area contributed by atoms with Crippen LogP contribution < -0.4 is 5.32 Å². The minimum Gasteiger partial charge on any atom is -0.313 e. The summed E-state index contributed by atoms with van der Waals surface area (Å²) < 4.78 is 0. The molecule has 0 aromatic rings. The molecule has 1 aliphatic rings. The maximum Gasteiger partial charge on any atom is 0.0221 e. The van der Waals surface area contributed by atoms with Crippen LogP contribution in [-0.2, 0) is 0 Å². The van der Waals surface area contributed by atoms with Crippen LogP contribution in [0.15, 0.2) is 0 Å². The Morgan fingerprint density at radius 2 is 2.15 bits per heavy atom. The third-order valence-electron chi connectivity index (χ3n) is 3.38. The molecule has 0 radical (unpaired) electrons. The highest BCUT2D eigenvalue weighted by Crippen LogP contribution is 2.20. The van der Waals surface area contributed by atoms with Crippen LogP contribution in [0.1, 0.15) is 40.5 Å². The second-order valence-electron chi connectivity index (χ2n) is 4.32. The summed E-state index contributed by atoms with van der Waals surface area (Å²) >= 11 is 0. The molecule has 3 unspecified atom stereocenters. The number of nitrogens with one attached hydrogen (secondary N) is 1. The van der Waals surface area contributed by atoms with Crippen molar-refractivity contribution in [1.82, 2.24) is 10.2 Å². The third kappa shape index (κ3) is 2.68. The Kier molecular flexibility index (Phi) is 4.20. The summed E-state index contributed by atoms with van der Waals surface area (Å²) in [6.45, 7) is 11.5. The van der Waals surface area contributed by atoms with Gasteiger partial charge in [-0.25, -0.2) is 0 Å². The average molecular weight is 184 g/mol. The Morgan fingerprint density at radius 1 is 1.46 bits per heavy atom. The van der Waals surface area contributed by atoms with Gasteiger partial charge in [0.05, 0.1) is 0 Å². The molecule has 0 bridgehead atoms. The van der Waals surface area contributed by atoms with Crippen molar-refractivity contribution in [1.29, 1.82) is 0 Å². The molecule has 1 aliphatic heterocycles. The predicted molar refractivity (Wildman–Crippen MR) is 58.0 cm³/mol. The van der Waals surface area contributed by atoms with E-state index in [1.165, 1.54) is 19.4 Å². The Bertz CT molecular complexity index is 147. The summed E-state index contributed by atoms with van der Waals surface area (Å²) in [5.74, 6) is 0. The molecule has 0 saturated carbocycles. The van der Waals surface area contributed by atoms with Crippen LogP contribution >= 0.6 is 0 Å². The van der Waals surface area contributed by atoms with Crippen molar-refractivity contribution >= 4 is 0 Å². The van der Waals surface area contributed by atoms with Gasteiger partial charge in [-0.15, -0.1) is 0 Å². The lowest BCUT2D eigenvalue weighted by atomic mass is 10.1. The Labute approximate surface area is 82.7 Å². The smallest absolute Gasteiger partial charge is 0.0221 e. The molecule has 3 atom stereocenters. The molecule has 1 heterocycles. The summed E-state index contributed by atoms with van der Waals surface area (Å²) in [7, 11) is 0. The first-order valence-electron chi connectivity index (χ1n) is 5.66. The van der Waals surface area contributed by atoms with Crippen molar-refractivity contribution in [3.05, 3.63) is 0 Å². The largest absolute Gasteiger partial charge is 0.313 e. The van der Waals surface area contributed by atoms with Gasteiger partial charge in [0, 0.05) is 18.1 Å². The fourth-order valence-corrected chi connectivity index (χ4v) is 2.34. The molecular weight excluding hydrogens is 160 g/mol. The van der Waals surface area contributed by atoms with Crippen molar-refractivity contribution in [2.24, 2.45) is 0 Å². The van der Waals surface area contributed by atoms with E-state index >= 15 is 0 Å². The van der Waals surface area contributed by atoms with Gasteiger partial charge in [0.2, 0.25) is 0 Å². The minimum absolute atomic E-state index is 0.616. The molecule has 0 amide bonds. The van der Waals surface area contributed by atoms with Crippen LogP contribution in [0.2, 0.25) is 0 Å². The fraction of sp³-hybridized carbons (Fsp3) is 1.00. The average Bonchev–Trinajstić information content (AvgIpc) is 2.50. The topological polar surface area (TPSA) is 15.3 Å². The van der Waals surface area contributed by atoms with Crippen LogP contribution in [-0.4, -0.2) is 36.1 Å². The van der Waals surface area contributed by atoms with Crippen molar-refractivity contribution < 1.29 is 0 Å². The molecule has 1 fully saturated rings. The molecule has 1 N–H and O–H groups in total. The lowest BCUT2D eigenvalue weighted by molar-refractivity contribution is 0.170. The van der Waals surface area contributed by atoms with E-state index in [2.05, 4.69) is 37.9 Å². The van der Waals surface area contributed by atoms with Gasteiger partial charge in [0.1, 0.15) is 0 Å². The fourth-order valence-electron chi connectivity index (χ4n) is 2.34. The number of likely N-dealkylation sites (N-methyl/N-ethyl adjacent to an activating group) is 1. The van der Waals surface area contributed by atoms with Crippen molar-refractivity contribution in [2.75, 3.05) is 13.1 Å². The summed E-state index contributed by atoms with van der Waals surface area (Å²) in [5, 5.41) is 3.50. The number of likely N-dealkylation sites (tertiary alicyclic amines) is 1. The molecule has 78 valence electrons. The van der Waals surface area contributed by atoms with E-state index in [9.17, 15) is 0 Å². The quantitative estimate of drug-likeness (QED) is 0.717. The van der Waals surface area contributed by atoms with Crippen LogP contribution in [0.4, 0.5) is 0 Å². The third-order valence-corrected chi connectivity index (χ3v) is 3.38. The van der Waals surface area contributed by atoms with Gasteiger partial charge in [-0.1, -0.05) is 6.92 Å². The number of nitrogens with zero attached hydrogens (tertiary/aromatic N) is 1. The molecule has 0 aromatic heterocycles. The second kappa shape index (κ2) is 4.97. The van der Waals surface area contributed by atoms with Gasteiger partial charge in [-0.05, 0) is 46.7 Å². The molecule has 1 rings (SSSR count). The Balaban J connectivity index is 2.40. The highest BCUT2D eigenvalue weighted by Gasteiger charge is 2.27. The van der Waals surface area contributed by atoms with Crippen LogP contribution in [0.5, 0.6) is 0 Å². The molecule has 2 nitrogen and oxygen atoms in total. The van der Waals surface area contributed by atoms with Gasteiger partial charge in [0.15, 0.2) is 0 Å². The van der Waals surface area contributed by atoms with Gasteiger partial charge in [-0.3, -0.25) is 4.90 Å². The van der Waals surface area contributed by atoms with E-state index in [-0.39, 0.29) is 0 Å². The molecule has 2 heteroatoms. The zero-order valence-electron chi connectivity index (χ0n) is 9.51. The molecule has 0 aliphatic carbocycles. The molecule has 1 saturated heterocycles. The zero-order chi connectivity index (χ0) is 9.84.